The SMILES string of the molecule is BrC1=C(c2cccc3ccccc23)SC2=CC=C(c3ccc4c(c3)c3ccccc3n4-c3cccc4c3oc3ccccc34)CC21. The molecule has 1 aliphatic heterocycles. The van der Waals surface area contributed by atoms with Gasteiger partial charge in [-0.2, -0.15) is 0 Å². The second kappa shape index (κ2) is 10.1. The van der Waals surface area contributed by atoms with Gasteiger partial charge in [-0.15, -0.1) is 0 Å². The maximum Gasteiger partial charge on any atom is 0.159 e. The van der Waals surface area contributed by atoms with Crippen LogP contribution in [0.15, 0.2) is 153 Å². The molecule has 0 radical (unpaired) electrons. The van der Waals surface area contributed by atoms with Crippen LogP contribution in [0.4, 0.5) is 0 Å². The van der Waals surface area contributed by atoms with Gasteiger partial charge >= 0.3 is 0 Å². The van der Waals surface area contributed by atoms with E-state index in [1.54, 1.807) is 0 Å². The molecule has 0 saturated heterocycles. The van der Waals surface area contributed by atoms with Crippen molar-refractivity contribution in [2.24, 2.45) is 5.92 Å². The average molecular weight is 673 g/mol. The Morgan fingerprint density at radius 1 is 0.652 bits per heavy atom. The van der Waals surface area contributed by atoms with E-state index in [9.17, 15) is 0 Å². The number of furan rings is 1. The summed E-state index contributed by atoms with van der Waals surface area (Å²) >= 11 is 5.99. The lowest BCUT2D eigenvalue weighted by atomic mass is 9.88. The summed E-state index contributed by atoms with van der Waals surface area (Å²) in [5.74, 6) is 0.335. The summed E-state index contributed by atoms with van der Waals surface area (Å²) in [4.78, 5) is 2.75. The number of halogens is 1. The normalized spacial score (nSPS) is 16.6. The lowest BCUT2D eigenvalue weighted by molar-refractivity contribution is 0.666. The number of nitrogens with zero attached hydrogens (tertiary/aromatic N) is 1. The molecule has 0 saturated carbocycles. The standard InChI is InChI=1S/C42H26BrNOS/c43-40-34-24-27(20-22-39(34)46-42(40)32-15-7-10-25-9-1-2-11-28(25)32)26-19-21-36-33(23-26)29-12-3-5-16-35(29)44(36)37-17-8-14-31-30-13-4-6-18-38(30)45-41(31)37/h1-23,34H,24H2. The van der Waals surface area contributed by atoms with Crippen LogP contribution in [0.5, 0.6) is 0 Å². The van der Waals surface area contributed by atoms with Gasteiger partial charge in [-0.1, -0.05) is 137 Å². The van der Waals surface area contributed by atoms with E-state index in [0.717, 1.165) is 34.0 Å². The molecule has 4 heteroatoms. The molecule has 0 bridgehead atoms. The number of para-hydroxylation sites is 3. The third-order valence-corrected chi connectivity index (χ3v) is 12.2. The van der Waals surface area contributed by atoms with Crippen molar-refractivity contribution in [1.29, 1.82) is 0 Å². The number of allylic oxidation sites excluding steroid dienone is 5. The first-order valence-corrected chi connectivity index (χ1v) is 17.2. The lowest BCUT2D eigenvalue weighted by Crippen LogP contribution is -2.03. The second-order valence-electron chi connectivity index (χ2n) is 12.2. The fourth-order valence-electron chi connectivity index (χ4n) is 7.49. The maximum atomic E-state index is 6.49. The lowest BCUT2D eigenvalue weighted by Gasteiger charge is -2.19. The largest absolute Gasteiger partial charge is 0.454 e. The van der Waals surface area contributed by atoms with Gasteiger partial charge < -0.3 is 8.98 Å². The molecule has 1 atom stereocenters. The Bertz CT molecular complexity index is 2660. The first-order valence-electron chi connectivity index (χ1n) is 15.6. The molecule has 0 amide bonds. The zero-order valence-electron chi connectivity index (χ0n) is 24.7. The number of benzene rings is 6. The quantitative estimate of drug-likeness (QED) is 0.186. The molecule has 0 fully saturated rings. The Balaban J connectivity index is 1.08. The van der Waals surface area contributed by atoms with Gasteiger partial charge in [0.15, 0.2) is 5.58 Å². The molecule has 0 N–H and O–H groups in total. The number of hydrogen-bond donors (Lipinski definition) is 0. The summed E-state index contributed by atoms with van der Waals surface area (Å²) in [5.41, 5.74) is 9.20. The average Bonchev–Trinajstić information content (AvgIpc) is 3.77. The Labute approximate surface area is 278 Å². The number of rotatable bonds is 3. The van der Waals surface area contributed by atoms with Gasteiger partial charge in [-0.05, 0) is 69.1 Å². The molecule has 2 aromatic heterocycles. The molecule has 46 heavy (non-hydrogen) atoms. The molecule has 3 heterocycles. The topological polar surface area (TPSA) is 18.1 Å². The van der Waals surface area contributed by atoms with Gasteiger partial charge in [-0.3, -0.25) is 0 Å². The van der Waals surface area contributed by atoms with Crippen molar-refractivity contribution >= 4 is 92.7 Å². The predicted octanol–water partition coefficient (Wildman–Crippen LogP) is 12.6. The van der Waals surface area contributed by atoms with Gasteiger partial charge in [0.05, 0.1) is 16.7 Å². The summed E-state index contributed by atoms with van der Waals surface area (Å²) in [6, 6.07) is 45.8. The molecule has 6 aromatic carbocycles. The van der Waals surface area contributed by atoms with Gasteiger partial charge in [0.25, 0.3) is 0 Å². The van der Waals surface area contributed by atoms with E-state index in [-0.39, 0.29) is 0 Å². The number of hydrogen-bond acceptors (Lipinski definition) is 2. The molecular weight excluding hydrogens is 646 g/mol. The number of thioether (sulfide) groups is 1. The van der Waals surface area contributed by atoms with Crippen LogP contribution in [0.25, 0.3) is 70.7 Å². The molecule has 2 nitrogen and oxygen atoms in total. The van der Waals surface area contributed by atoms with Crippen molar-refractivity contribution < 1.29 is 4.42 Å². The third kappa shape index (κ3) is 3.84. The first kappa shape index (κ1) is 26.4. The van der Waals surface area contributed by atoms with E-state index in [1.807, 2.05) is 17.8 Å². The van der Waals surface area contributed by atoms with Crippen LogP contribution in [0.3, 0.4) is 0 Å². The minimum Gasteiger partial charge on any atom is -0.454 e. The Hall–Kier alpha value is -4.77. The van der Waals surface area contributed by atoms with Crippen LogP contribution in [0, 0.1) is 5.92 Å². The zero-order chi connectivity index (χ0) is 30.4. The summed E-state index contributed by atoms with van der Waals surface area (Å²) < 4.78 is 10.2. The van der Waals surface area contributed by atoms with E-state index >= 15 is 0 Å². The Morgan fingerprint density at radius 3 is 2.33 bits per heavy atom. The maximum absolute atomic E-state index is 6.49. The fourth-order valence-corrected chi connectivity index (χ4v) is 9.75. The summed E-state index contributed by atoms with van der Waals surface area (Å²) in [5, 5.41) is 7.37. The monoisotopic (exact) mass is 671 g/mol. The highest BCUT2D eigenvalue weighted by Gasteiger charge is 2.33. The molecular formula is C42H26BrNOS. The van der Waals surface area contributed by atoms with E-state index in [4.69, 9.17) is 4.42 Å². The van der Waals surface area contributed by atoms with E-state index in [1.165, 1.54) is 63.6 Å². The van der Waals surface area contributed by atoms with Gasteiger partial charge in [0, 0.05) is 36.9 Å². The molecule has 218 valence electrons. The van der Waals surface area contributed by atoms with Crippen LogP contribution in [-0.2, 0) is 0 Å². The molecule has 8 aromatic rings. The van der Waals surface area contributed by atoms with E-state index < -0.39 is 0 Å². The number of fused-ring (bicyclic) bond motifs is 8. The zero-order valence-corrected chi connectivity index (χ0v) is 27.1. The van der Waals surface area contributed by atoms with Crippen LogP contribution in [0.2, 0.25) is 0 Å². The van der Waals surface area contributed by atoms with Crippen molar-refractivity contribution in [3.8, 4) is 5.69 Å². The van der Waals surface area contributed by atoms with Crippen molar-refractivity contribution in [3.63, 3.8) is 0 Å². The summed E-state index contributed by atoms with van der Waals surface area (Å²) in [7, 11) is 0. The molecule has 2 aliphatic rings. The second-order valence-corrected chi connectivity index (χ2v) is 14.1. The smallest absolute Gasteiger partial charge is 0.159 e. The fraction of sp³-hybridized carbons (Fsp3) is 0.0476. The highest BCUT2D eigenvalue weighted by molar-refractivity contribution is 9.12. The third-order valence-electron chi connectivity index (χ3n) is 9.66. The highest BCUT2D eigenvalue weighted by Crippen LogP contribution is 2.57. The Kier molecular flexibility index (Phi) is 5.82. The molecule has 1 aliphatic carbocycles. The van der Waals surface area contributed by atoms with Gasteiger partial charge in [-0.25, -0.2) is 0 Å². The van der Waals surface area contributed by atoms with Gasteiger partial charge in [0.2, 0.25) is 0 Å². The molecule has 0 spiro atoms. The number of aromatic nitrogens is 1. The first-order chi connectivity index (χ1) is 22.7. The minimum atomic E-state index is 0.335. The van der Waals surface area contributed by atoms with E-state index in [2.05, 4.69) is 154 Å². The van der Waals surface area contributed by atoms with Gasteiger partial charge in [0.1, 0.15) is 5.58 Å². The van der Waals surface area contributed by atoms with Crippen molar-refractivity contribution in [3.05, 3.63) is 160 Å². The van der Waals surface area contributed by atoms with Crippen molar-refractivity contribution in [2.45, 2.75) is 6.42 Å². The molecule has 1 unspecified atom stereocenters. The van der Waals surface area contributed by atoms with Crippen LogP contribution in [0.1, 0.15) is 17.5 Å². The van der Waals surface area contributed by atoms with E-state index in [0.29, 0.717) is 5.92 Å². The Morgan fingerprint density at radius 2 is 1.39 bits per heavy atom. The van der Waals surface area contributed by atoms with Crippen LogP contribution >= 0.6 is 27.7 Å². The van der Waals surface area contributed by atoms with Crippen LogP contribution in [-0.4, -0.2) is 4.57 Å². The minimum absolute atomic E-state index is 0.335. The predicted molar refractivity (Wildman–Crippen MR) is 200 cm³/mol. The summed E-state index contributed by atoms with van der Waals surface area (Å²) in [6.07, 6.45) is 5.64. The molecule has 10 rings (SSSR count). The van der Waals surface area contributed by atoms with Crippen molar-refractivity contribution in [1.82, 2.24) is 4.57 Å². The highest BCUT2D eigenvalue weighted by atomic mass is 79.9. The summed E-state index contributed by atoms with van der Waals surface area (Å²) in [6.45, 7) is 0. The van der Waals surface area contributed by atoms with Crippen molar-refractivity contribution in [2.75, 3.05) is 0 Å². The van der Waals surface area contributed by atoms with Crippen LogP contribution < -0.4 is 0 Å².